The lowest BCUT2D eigenvalue weighted by molar-refractivity contribution is -0.119. The van der Waals surface area contributed by atoms with E-state index < -0.39 is 0 Å². The van der Waals surface area contributed by atoms with E-state index in [0.29, 0.717) is 15.8 Å². The molecule has 0 spiro atoms. The summed E-state index contributed by atoms with van der Waals surface area (Å²) in [5.74, 6) is -0.711. The second kappa shape index (κ2) is 5.41. The second-order valence-corrected chi connectivity index (χ2v) is 4.41. The van der Waals surface area contributed by atoms with Crippen molar-refractivity contribution in [3.05, 3.63) is 27.6 Å². The zero-order valence-corrected chi connectivity index (χ0v) is 10.4. The van der Waals surface area contributed by atoms with Crippen LogP contribution >= 0.6 is 22.6 Å². The van der Waals surface area contributed by atoms with Crippen LogP contribution in [0.1, 0.15) is 6.92 Å². The van der Waals surface area contributed by atoms with E-state index in [0.717, 1.165) is 0 Å². The molecule has 0 fully saturated rings. The van der Waals surface area contributed by atoms with Crippen LogP contribution in [0, 0.1) is 15.3 Å². The molecule has 0 aliphatic rings. The number of amides is 1. The number of rotatable bonds is 3. The van der Waals surface area contributed by atoms with Crippen molar-refractivity contribution < 1.29 is 9.18 Å². The van der Waals surface area contributed by atoms with Crippen LogP contribution in [0.25, 0.3) is 0 Å². The van der Waals surface area contributed by atoms with Gasteiger partial charge in [0.05, 0.1) is 5.69 Å². The van der Waals surface area contributed by atoms with Crippen molar-refractivity contribution in [3.63, 3.8) is 0 Å². The summed E-state index contributed by atoms with van der Waals surface area (Å²) in [6.45, 7) is 2.04. The summed E-state index contributed by atoms with van der Waals surface area (Å²) in [7, 11) is 0. The number of benzene rings is 1. The highest BCUT2D eigenvalue weighted by Gasteiger charge is 2.12. The van der Waals surface area contributed by atoms with E-state index in [1.165, 1.54) is 18.2 Å². The second-order valence-electron chi connectivity index (χ2n) is 3.25. The molecule has 1 rings (SSSR count). The summed E-state index contributed by atoms with van der Waals surface area (Å²) in [6, 6.07) is 4.21. The molecule has 15 heavy (non-hydrogen) atoms. The fraction of sp³-hybridized carbons (Fsp3) is 0.300. The van der Waals surface area contributed by atoms with Gasteiger partial charge in [0, 0.05) is 16.0 Å². The Morgan fingerprint density at radius 3 is 2.87 bits per heavy atom. The number of hydrogen-bond acceptors (Lipinski definition) is 2. The Kier molecular flexibility index (Phi) is 4.46. The predicted molar refractivity (Wildman–Crippen MR) is 66.0 cm³/mol. The number of halogens is 2. The first-order valence-corrected chi connectivity index (χ1v) is 5.58. The molecule has 82 valence electrons. The van der Waals surface area contributed by atoms with E-state index in [-0.39, 0.29) is 17.6 Å². The van der Waals surface area contributed by atoms with Crippen molar-refractivity contribution in [2.24, 2.45) is 11.7 Å². The van der Waals surface area contributed by atoms with Crippen LogP contribution in [0.15, 0.2) is 18.2 Å². The molecule has 1 unspecified atom stereocenters. The molecule has 0 saturated heterocycles. The molecule has 1 atom stereocenters. The minimum Gasteiger partial charge on any atom is -0.330 e. The summed E-state index contributed by atoms with van der Waals surface area (Å²) < 4.78 is 13.4. The molecule has 1 amide bonds. The van der Waals surface area contributed by atoms with Gasteiger partial charge in [0.1, 0.15) is 5.82 Å². The van der Waals surface area contributed by atoms with Crippen LogP contribution in [-0.4, -0.2) is 12.5 Å². The van der Waals surface area contributed by atoms with Crippen molar-refractivity contribution in [3.8, 4) is 0 Å². The molecular formula is C10H12FIN2O. The van der Waals surface area contributed by atoms with Crippen molar-refractivity contribution in [2.75, 3.05) is 11.9 Å². The van der Waals surface area contributed by atoms with Crippen molar-refractivity contribution in [1.29, 1.82) is 0 Å². The molecular weight excluding hydrogens is 310 g/mol. The summed E-state index contributed by atoms with van der Waals surface area (Å²) in [5.41, 5.74) is 5.98. The highest BCUT2D eigenvalue weighted by atomic mass is 127. The molecule has 5 heteroatoms. The van der Waals surface area contributed by atoms with E-state index >= 15 is 0 Å². The van der Waals surface area contributed by atoms with Gasteiger partial charge in [0.15, 0.2) is 0 Å². The van der Waals surface area contributed by atoms with Gasteiger partial charge in [-0.3, -0.25) is 4.79 Å². The van der Waals surface area contributed by atoms with Crippen LogP contribution in [-0.2, 0) is 4.79 Å². The van der Waals surface area contributed by atoms with Gasteiger partial charge < -0.3 is 11.1 Å². The van der Waals surface area contributed by atoms with E-state index in [2.05, 4.69) is 5.32 Å². The third-order valence-corrected chi connectivity index (χ3v) is 2.88. The standard InChI is InChI=1S/C10H12FIN2O/c1-6(5-13)10(15)14-9-3-2-7(11)4-8(9)12/h2-4,6H,5,13H2,1H3,(H,14,15). The zero-order chi connectivity index (χ0) is 11.4. The van der Waals surface area contributed by atoms with E-state index in [1.807, 2.05) is 22.6 Å². The number of nitrogens with one attached hydrogen (secondary N) is 1. The third-order valence-electron chi connectivity index (χ3n) is 1.99. The largest absolute Gasteiger partial charge is 0.330 e. The van der Waals surface area contributed by atoms with Gasteiger partial charge >= 0.3 is 0 Å². The normalized spacial score (nSPS) is 12.3. The number of anilines is 1. The monoisotopic (exact) mass is 322 g/mol. The maximum Gasteiger partial charge on any atom is 0.228 e. The lowest BCUT2D eigenvalue weighted by atomic mass is 10.1. The van der Waals surface area contributed by atoms with Crippen molar-refractivity contribution >= 4 is 34.2 Å². The Balaban J connectivity index is 2.77. The van der Waals surface area contributed by atoms with Crippen LogP contribution in [0.2, 0.25) is 0 Å². The molecule has 0 heterocycles. The Labute approximate surface area is 101 Å². The topological polar surface area (TPSA) is 55.1 Å². The number of nitrogens with two attached hydrogens (primary N) is 1. The quantitative estimate of drug-likeness (QED) is 0.836. The maximum absolute atomic E-state index is 12.8. The van der Waals surface area contributed by atoms with Gasteiger partial charge in [0.25, 0.3) is 0 Å². The molecule has 0 radical (unpaired) electrons. The van der Waals surface area contributed by atoms with Crippen LogP contribution in [0.4, 0.5) is 10.1 Å². The first kappa shape index (κ1) is 12.4. The van der Waals surface area contributed by atoms with E-state index in [9.17, 15) is 9.18 Å². The van der Waals surface area contributed by atoms with Gasteiger partial charge in [-0.1, -0.05) is 6.92 Å². The van der Waals surface area contributed by atoms with Crippen LogP contribution in [0.5, 0.6) is 0 Å². The van der Waals surface area contributed by atoms with Crippen molar-refractivity contribution in [1.82, 2.24) is 0 Å². The number of carbonyl (C=O) groups excluding carboxylic acids is 1. The molecule has 3 nitrogen and oxygen atoms in total. The summed E-state index contributed by atoms with van der Waals surface area (Å²) in [4.78, 5) is 11.5. The molecule has 1 aromatic carbocycles. The Hall–Kier alpha value is -0.690. The number of hydrogen-bond donors (Lipinski definition) is 2. The van der Waals surface area contributed by atoms with Gasteiger partial charge in [0.2, 0.25) is 5.91 Å². The first-order valence-electron chi connectivity index (χ1n) is 4.50. The van der Waals surface area contributed by atoms with E-state index in [4.69, 9.17) is 5.73 Å². The SMILES string of the molecule is CC(CN)C(=O)Nc1ccc(F)cc1I. The van der Waals surface area contributed by atoms with Gasteiger partial charge in [-0.05, 0) is 40.8 Å². The summed E-state index contributed by atoms with van der Waals surface area (Å²) >= 11 is 1.97. The lowest BCUT2D eigenvalue weighted by Gasteiger charge is -2.11. The number of carbonyl (C=O) groups is 1. The molecule has 1 aromatic rings. The Bertz CT molecular complexity index is 370. The van der Waals surface area contributed by atoms with Gasteiger partial charge in [-0.25, -0.2) is 4.39 Å². The molecule has 0 aliphatic heterocycles. The predicted octanol–water partition coefficient (Wildman–Crippen LogP) is 1.96. The summed E-state index contributed by atoms with van der Waals surface area (Å²) in [6.07, 6.45) is 0. The minimum absolute atomic E-state index is 0.151. The highest BCUT2D eigenvalue weighted by molar-refractivity contribution is 14.1. The molecule has 0 aromatic heterocycles. The molecule has 0 aliphatic carbocycles. The first-order chi connectivity index (χ1) is 7.04. The van der Waals surface area contributed by atoms with Gasteiger partial charge in [-0.15, -0.1) is 0 Å². The summed E-state index contributed by atoms with van der Waals surface area (Å²) in [5, 5.41) is 2.70. The highest BCUT2D eigenvalue weighted by Crippen LogP contribution is 2.19. The average Bonchev–Trinajstić information content (AvgIpc) is 2.20. The fourth-order valence-electron chi connectivity index (χ4n) is 0.954. The smallest absolute Gasteiger partial charge is 0.228 e. The fourth-order valence-corrected chi connectivity index (χ4v) is 1.57. The van der Waals surface area contributed by atoms with Crippen LogP contribution < -0.4 is 11.1 Å². The zero-order valence-electron chi connectivity index (χ0n) is 8.26. The average molecular weight is 322 g/mol. The Morgan fingerprint density at radius 2 is 2.33 bits per heavy atom. The van der Waals surface area contributed by atoms with E-state index in [1.54, 1.807) is 6.92 Å². The Morgan fingerprint density at radius 1 is 1.67 bits per heavy atom. The van der Waals surface area contributed by atoms with Crippen LogP contribution in [0.3, 0.4) is 0 Å². The minimum atomic E-state index is -0.315. The molecule has 0 saturated carbocycles. The molecule has 3 N–H and O–H groups in total. The van der Waals surface area contributed by atoms with Crippen molar-refractivity contribution in [2.45, 2.75) is 6.92 Å². The molecule has 0 bridgehead atoms. The third kappa shape index (κ3) is 3.42. The van der Waals surface area contributed by atoms with Gasteiger partial charge in [-0.2, -0.15) is 0 Å². The lowest BCUT2D eigenvalue weighted by Crippen LogP contribution is -2.26. The maximum atomic E-state index is 12.8.